The standard InChI is InChI=1S/C13H16N2O2/c1-2-15(9-13(16)17)8-10-7-14-12-6-4-3-5-11(10)12/h3-7,14H,2,8-9H2,1H3,(H,16,17). The molecule has 1 heterocycles. The lowest BCUT2D eigenvalue weighted by atomic mass is 10.1. The number of nitrogens with zero attached hydrogens (tertiary/aromatic N) is 1. The van der Waals surface area contributed by atoms with Gasteiger partial charge in [-0.25, -0.2) is 0 Å². The number of carbonyl (C=O) groups is 1. The average Bonchev–Trinajstić information content (AvgIpc) is 2.71. The quantitative estimate of drug-likeness (QED) is 0.829. The fourth-order valence-electron chi connectivity index (χ4n) is 1.97. The van der Waals surface area contributed by atoms with Gasteiger partial charge in [0.1, 0.15) is 0 Å². The van der Waals surface area contributed by atoms with E-state index in [1.165, 1.54) is 0 Å². The molecule has 0 unspecified atom stereocenters. The van der Waals surface area contributed by atoms with Gasteiger partial charge in [0.15, 0.2) is 0 Å². The van der Waals surface area contributed by atoms with Gasteiger partial charge in [-0.3, -0.25) is 9.69 Å². The van der Waals surface area contributed by atoms with E-state index in [4.69, 9.17) is 5.11 Å². The minimum absolute atomic E-state index is 0.0794. The number of fused-ring (bicyclic) bond motifs is 1. The molecule has 0 bridgehead atoms. The number of carboxylic acids is 1. The zero-order valence-corrected chi connectivity index (χ0v) is 9.81. The second-order valence-corrected chi connectivity index (χ2v) is 4.06. The minimum Gasteiger partial charge on any atom is -0.480 e. The van der Waals surface area contributed by atoms with E-state index in [-0.39, 0.29) is 6.54 Å². The third-order valence-electron chi connectivity index (χ3n) is 2.87. The second kappa shape index (κ2) is 5.01. The Kier molecular flexibility index (Phi) is 3.44. The number of para-hydroxylation sites is 1. The molecule has 2 aromatic rings. The highest BCUT2D eigenvalue weighted by molar-refractivity contribution is 5.83. The highest BCUT2D eigenvalue weighted by Gasteiger charge is 2.10. The van der Waals surface area contributed by atoms with E-state index in [0.29, 0.717) is 6.54 Å². The number of rotatable bonds is 5. The molecule has 0 amide bonds. The monoisotopic (exact) mass is 232 g/mol. The molecule has 2 rings (SSSR count). The van der Waals surface area contributed by atoms with Gasteiger partial charge < -0.3 is 10.1 Å². The molecular formula is C13H16N2O2. The van der Waals surface area contributed by atoms with Crippen molar-refractivity contribution in [2.45, 2.75) is 13.5 Å². The smallest absolute Gasteiger partial charge is 0.317 e. The van der Waals surface area contributed by atoms with Crippen molar-refractivity contribution < 1.29 is 9.90 Å². The van der Waals surface area contributed by atoms with Crippen LogP contribution in [0, 0.1) is 0 Å². The molecule has 1 aromatic heterocycles. The topological polar surface area (TPSA) is 56.3 Å². The van der Waals surface area contributed by atoms with Gasteiger partial charge in [0, 0.05) is 23.6 Å². The van der Waals surface area contributed by atoms with Crippen LogP contribution in [-0.4, -0.2) is 34.0 Å². The summed E-state index contributed by atoms with van der Waals surface area (Å²) in [4.78, 5) is 15.8. The first kappa shape index (κ1) is 11.7. The van der Waals surface area contributed by atoms with Crippen LogP contribution in [0.4, 0.5) is 0 Å². The van der Waals surface area contributed by atoms with E-state index in [1.54, 1.807) is 0 Å². The zero-order chi connectivity index (χ0) is 12.3. The van der Waals surface area contributed by atoms with E-state index < -0.39 is 5.97 Å². The summed E-state index contributed by atoms with van der Waals surface area (Å²) in [5.41, 5.74) is 2.23. The predicted molar refractivity (Wildman–Crippen MR) is 66.9 cm³/mol. The zero-order valence-electron chi connectivity index (χ0n) is 9.81. The molecule has 0 aliphatic rings. The average molecular weight is 232 g/mol. The normalized spacial score (nSPS) is 11.2. The second-order valence-electron chi connectivity index (χ2n) is 4.06. The van der Waals surface area contributed by atoms with Crippen LogP contribution in [0.25, 0.3) is 10.9 Å². The molecule has 0 saturated heterocycles. The van der Waals surface area contributed by atoms with Crippen LogP contribution >= 0.6 is 0 Å². The maximum atomic E-state index is 10.7. The van der Waals surface area contributed by atoms with Crippen molar-refractivity contribution in [1.29, 1.82) is 0 Å². The number of benzene rings is 1. The van der Waals surface area contributed by atoms with Crippen molar-refractivity contribution in [2.24, 2.45) is 0 Å². The molecule has 0 aliphatic heterocycles. The van der Waals surface area contributed by atoms with Crippen LogP contribution in [0.2, 0.25) is 0 Å². The van der Waals surface area contributed by atoms with Crippen molar-refractivity contribution in [1.82, 2.24) is 9.88 Å². The molecule has 17 heavy (non-hydrogen) atoms. The van der Waals surface area contributed by atoms with Crippen molar-refractivity contribution in [3.63, 3.8) is 0 Å². The number of hydrogen-bond acceptors (Lipinski definition) is 2. The highest BCUT2D eigenvalue weighted by atomic mass is 16.4. The Balaban J connectivity index is 2.19. The molecule has 90 valence electrons. The van der Waals surface area contributed by atoms with Gasteiger partial charge in [-0.1, -0.05) is 25.1 Å². The number of H-pyrrole nitrogens is 1. The molecule has 0 saturated carbocycles. The third-order valence-corrected chi connectivity index (χ3v) is 2.87. The number of hydrogen-bond donors (Lipinski definition) is 2. The fraction of sp³-hybridized carbons (Fsp3) is 0.308. The van der Waals surface area contributed by atoms with Crippen LogP contribution in [0.3, 0.4) is 0 Å². The predicted octanol–water partition coefficient (Wildman–Crippen LogP) is 2.07. The van der Waals surface area contributed by atoms with Gasteiger partial charge in [-0.05, 0) is 18.2 Å². The summed E-state index contributed by atoms with van der Waals surface area (Å²) in [5, 5.41) is 9.97. The third kappa shape index (κ3) is 2.65. The highest BCUT2D eigenvalue weighted by Crippen LogP contribution is 2.19. The summed E-state index contributed by atoms with van der Waals surface area (Å²) in [7, 11) is 0. The molecule has 0 fully saturated rings. The summed E-state index contributed by atoms with van der Waals surface area (Å²) >= 11 is 0. The number of carboxylic acid groups (broad SMARTS) is 1. The number of aromatic nitrogens is 1. The first-order valence-corrected chi connectivity index (χ1v) is 5.70. The van der Waals surface area contributed by atoms with Crippen LogP contribution in [0.5, 0.6) is 0 Å². The lowest BCUT2D eigenvalue weighted by Crippen LogP contribution is -2.28. The summed E-state index contributed by atoms with van der Waals surface area (Å²) in [5.74, 6) is -0.785. The first-order valence-electron chi connectivity index (χ1n) is 5.70. The van der Waals surface area contributed by atoms with Gasteiger partial charge in [0.25, 0.3) is 0 Å². The van der Waals surface area contributed by atoms with Crippen molar-refractivity contribution in [3.8, 4) is 0 Å². The van der Waals surface area contributed by atoms with Gasteiger partial charge in [0.2, 0.25) is 0 Å². The number of aromatic amines is 1. The molecule has 0 atom stereocenters. The van der Waals surface area contributed by atoms with E-state index >= 15 is 0 Å². The number of aliphatic carboxylic acids is 1. The summed E-state index contributed by atoms with van der Waals surface area (Å²) in [6.45, 7) is 3.44. The minimum atomic E-state index is -0.785. The molecule has 0 aliphatic carbocycles. The molecule has 4 heteroatoms. The Morgan fingerprint density at radius 3 is 2.88 bits per heavy atom. The maximum Gasteiger partial charge on any atom is 0.317 e. The molecule has 2 N–H and O–H groups in total. The van der Waals surface area contributed by atoms with E-state index in [2.05, 4.69) is 11.1 Å². The molecule has 0 radical (unpaired) electrons. The number of nitrogens with one attached hydrogen (secondary N) is 1. The van der Waals surface area contributed by atoms with Gasteiger partial charge in [-0.15, -0.1) is 0 Å². The van der Waals surface area contributed by atoms with Crippen LogP contribution in [0.1, 0.15) is 12.5 Å². The Labute approximate surface area is 99.9 Å². The first-order chi connectivity index (χ1) is 8.20. The van der Waals surface area contributed by atoms with Crippen molar-refractivity contribution in [2.75, 3.05) is 13.1 Å². The van der Waals surface area contributed by atoms with Gasteiger partial charge in [0.05, 0.1) is 6.54 Å². The molecular weight excluding hydrogens is 216 g/mol. The molecule has 0 spiro atoms. The van der Waals surface area contributed by atoms with Crippen LogP contribution in [0.15, 0.2) is 30.5 Å². The van der Waals surface area contributed by atoms with Crippen molar-refractivity contribution in [3.05, 3.63) is 36.0 Å². The van der Waals surface area contributed by atoms with Crippen LogP contribution in [-0.2, 0) is 11.3 Å². The Morgan fingerprint density at radius 2 is 2.18 bits per heavy atom. The SMILES string of the molecule is CCN(CC(=O)O)Cc1c[nH]c2ccccc12. The van der Waals surface area contributed by atoms with Crippen LogP contribution < -0.4 is 0 Å². The lowest BCUT2D eigenvalue weighted by Gasteiger charge is -2.17. The van der Waals surface area contributed by atoms with E-state index in [1.807, 2.05) is 36.2 Å². The van der Waals surface area contributed by atoms with Crippen molar-refractivity contribution >= 4 is 16.9 Å². The van der Waals surface area contributed by atoms with E-state index in [0.717, 1.165) is 23.0 Å². The fourth-order valence-corrected chi connectivity index (χ4v) is 1.97. The molecule has 1 aromatic carbocycles. The van der Waals surface area contributed by atoms with E-state index in [9.17, 15) is 4.79 Å². The molecule has 4 nitrogen and oxygen atoms in total. The van der Waals surface area contributed by atoms with Gasteiger partial charge in [-0.2, -0.15) is 0 Å². The Bertz CT molecular complexity index is 519. The number of likely N-dealkylation sites (N-methyl/N-ethyl adjacent to an activating group) is 1. The Morgan fingerprint density at radius 1 is 1.41 bits per heavy atom. The summed E-state index contributed by atoms with van der Waals surface area (Å²) < 4.78 is 0. The van der Waals surface area contributed by atoms with Gasteiger partial charge >= 0.3 is 5.97 Å². The largest absolute Gasteiger partial charge is 0.480 e. The maximum absolute atomic E-state index is 10.7. The summed E-state index contributed by atoms with van der Waals surface area (Å²) in [6, 6.07) is 8.05. The lowest BCUT2D eigenvalue weighted by molar-refractivity contribution is -0.138. The summed E-state index contributed by atoms with van der Waals surface area (Å²) in [6.07, 6.45) is 1.95. The Hall–Kier alpha value is -1.81.